The Kier molecular flexibility index (Phi) is 5.46. The first-order chi connectivity index (χ1) is 10.2. The Balaban J connectivity index is 1.73. The van der Waals surface area contributed by atoms with E-state index >= 15 is 0 Å². The minimum Gasteiger partial charge on any atom is -0.497 e. The molecule has 0 heterocycles. The SMILES string of the molecule is COc1ccc(OC[C@H](O)CNc2ccc(C)cc2)cc1. The number of aliphatic hydroxyl groups is 1. The maximum absolute atomic E-state index is 9.91. The number of methoxy groups -OCH3 is 1. The average Bonchev–Trinajstić information content (AvgIpc) is 2.53. The largest absolute Gasteiger partial charge is 0.497 e. The summed E-state index contributed by atoms with van der Waals surface area (Å²) >= 11 is 0. The fourth-order valence-electron chi connectivity index (χ4n) is 1.83. The lowest BCUT2D eigenvalue weighted by atomic mass is 10.2. The highest BCUT2D eigenvalue weighted by Gasteiger charge is 2.05. The van der Waals surface area contributed by atoms with Crippen LogP contribution in [0.2, 0.25) is 0 Å². The molecule has 112 valence electrons. The Bertz CT molecular complexity index is 537. The molecule has 2 N–H and O–H groups in total. The first-order valence-electron chi connectivity index (χ1n) is 6.93. The Morgan fingerprint density at radius 1 is 1.00 bits per heavy atom. The highest BCUT2D eigenvalue weighted by molar-refractivity contribution is 5.44. The van der Waals surface area contributed by atoms with Crippen LogP contribution >= 0.6 is 0 Å². The van der Waals surface area contributed by atoms with Crippen LogP contribution < -0.4 is 14.8 Å². The molecular formula is C17H21NO3. The van der Waals surface area contributed by atoms with E-state index in [1.165, 1.54) is 5.56 Å². The summed E-state index contributed by atoms with van der Waals surface area (Å²) in [7, 11) is 1.62. The van der Waals surface area contributed by atoms with Gasteiger partial charge in [0.15, 0.2) is 0 Å². The third kappa shape index (κ3) is 5.00. The van der Waals surface area contributed by atoms with E-state index in [1.807, 2.05) is 55.5 Å². The van der Waals surface area contributed by atoms with Gasteiger partial charge < -0.3 is 19.9 Å². The van der Waals surface area contributed by atoms with E-state index in [2.05, 4.69) is 5.32 Å². The molecule has 0 aliphatic rings. The van der Waals surface area contributed by atoms with Gasteiger partial charge in [-0.2, -0.15) is 0 Å². The summed E-state index contributed by atoms with van der Waals surface area (Å²) in [4.78, 5) is 0. The van der Waals surface area contributed by atoms with Crippen molar-refractivity contribution in [1.82, 2.24) is 0 Å². The van der Waals surface area contributed by atoms with Gasteiger partial charge in [0.2, 0.25) is 0 Å². The number of nitrogens with one attached hydrogen (secondary N) is 1. The van der Waals surface area contributed by atoms with Gasteiger partial charge in [-0.25, -0.2) is 0 Å². The zero-order chi connectivity index (χ0) is 15.1. The van der Waals surface area contributed by atoms with Crippen LogP contribution in [0.3, 0.4) is 0 Å². The summed E-state index contributed by atoms with van der Waals surface area (Å²) in [6, 6.07) is 15.3. The summed E-state index contributed by atoms with van der Waals surface area (Å²) in [6.07, 6.45) is -0.576. The molecule has 0 saturated carbocycles. The van der Waals surface area contributed by atoms with Crippen molar-refractivity contribution >= 4 is 5.69 Å². The predicted octanol–water partition coefficient (Wildman–Crippen LogP) is 2.86. The summed E-state index contributed by atoms with van der Waals surface area (Å²) < 4.78 is 10.6. The third-order valence-corrected chi connectivity index (χ3v) is 3.10. The number of anilines is 1. The molecule has 2 aromatic rings. The number of aryl methyl sites for hydroxylation is 1. The van der Waals surface area contributed by atoms with Crippen LogP contribution in [0.15, 0.2) is 48.5 Å². The molecule has 0 unspecified atom stereocenters. The minimum absolute atomic E-state index is 0.241. The van der Waals surface area contributed by atoms with Crippen LogP contribution in [0.1, 0.15) is 5.56 Å². The number of rotatable bonds is 7. The highest BCUT2D eigenvalue weighted by Crippen LogP contribution is 2.17. The maximum Gasteiger partial charge on any atom is 0.119 e. The van der Waals surface area contributed by atoms with E-state index < -0.39 is 6.10 Å². The molecule has 4 nitrogen and oxygen atoms in total. The van der Waals surface area contributed by atoms with Gasteiger partial charge in [-0.1, -0.05) is 17.7 Å². The van der Waals surface area contributed by atoms with Gasteiger partial charge in [-0.15, -0.1) is 0 Å². The first kappa shape index (κ1) is 15.2. The number of benzene rings is 2. The van der Waals surface area contributed by atoms with E-state index in [1.54, 1.807) is 7.11 Å². The van der Waals surface area contributed by atoms with Gasteiger partial charge in [0.05, 0.1) is 7.11 Å². The lowest BCUT2D eigenvalue weighted by molar-refractivity contribution is 0.117. The Hall–Kier alpha value is -2.20. The van der Waals surface area contributed by atoms with Crippen LogP contribution in [-0.2, 0) is 0 Å². The quantitative estimate of drug-likeness (QED) is 0.822. The second-order valence-electron chi connectivity index (χ2n) is 4.89. The Labute approximate surface area is 125 Å². The Morgan fingerprint density at radius 3 is 2.24 bits per heavy atom. The van der Waals surface area contributed by atoms with Gasteiger partial charge in [0, 0.05) is 12.2 Å². The topological polar surface area (TPSA) is 50.7 Å². The molecule has 4 heteroatoms. The maximum atomic E-state index is 9.91. The standard InChI is InChI=1S/C17H21NO3/c1-13-3-5-14(6-4-13)18-11-15(19)12-21-17-9-7-16(20-2)8-10-17/h3-10,15,18-19H,11-12H2,1-2H3/t15-/m1/s1. The van der Waals surface area contributed by atoms with Crippen molar-refractivity contribution < 1.29 is 14.6 Å². The molecule has 2 rings (SSSR count). The average molecular weight is 287 g/mol. The molecule has 2 aromatic carbocycles. The number of hydrogen-bond acceptors (Lipinski definition) is 4. The fourth-order valence-corrected chi connectivity index (χ4v) is 1.83. The monoisotopic (exact) mass is 287 g/mol. The van der Waals surface area contributed by atoms with Gasteiger partial charge in [-0.3, -0.25) is 0 Å². The molecule has 0 fully saturated rings. The lowest BCUT2D eigenvalue weighted by Gasteiger charge is -2.14. The van der Waals surface area contributed by atoms with Crippen molar-refractivity contribution in [2.45, 2.75) is 13.0 Å². The molecule has 0 aliphatic carbocycles. The zero-order valence-electron chi connectivity index (χ0n) is 12.4. The Morgan fingerprint density at radius 2 is 1.62 bits per heavy atom. The smallest absolute Gasteiger partial charge is 0.119 e. The van der Waals surface area contributed by atoms with Crippen LogP contribution in [0.5, 0.6) is 11.5 Å². The molecule has 0 aliphatic heterocycles. The number of hydrogen-bond donors (Lipinski definition) is 2. The van der Waals surface area contributed by atoms with Crippen LogP contribution in [0, 0.1) is 6.92 Å². The van der Waals surface area contributed by atoms with Crippen molar-refractivity contribution in [1.29, 1.82) is 0 Å². The molecule has 0 amide bonds. The fraction of sp³-hybridized carbons (Fsp3) is 0.294. The second kappa shape index (κ2) is 7.55. The van der Waals surface area contributed by atoms with Crippen LogP contribution in [0.25, 0.3) is 0 Å². The molecule has 21 heavy (non-hydrogen) atoms. The number of ether oxygens (including phenoxy) is 2. The van der Waals surface area contributed by atoms with Gasteiger partial charge in [-0.05, 0) is 43.3 Å². The summed E-state index contributed by atoms with van der Waals surface area (Å²) in [5, 5.41) is 13.1. The second-order valence-corrected chi connectivity index (χ2v) is 4.89. The van der Waals surface area contributed by atoms with E-state index in [0.29, 0.717) is 12.3 Å². The first-order valence-corrected chi connectivity index (χ1v) is 6.93. The molecular weight excluding hydrogens is 266 g/mol. The van der Waals surface area contributed by atoms with Crippen molar-refractivity contribution in [2.24, 2.45) is 0 Å². The van der Waals surface area contributed by atoms with Crippen molar-refractivity contribution in [3.05, 3.63) is 54.1 Å². The number of aliphatic hydroxyl groups excluding tert-OH is 1. The van der Waals surface area contributed by atoms with E-state index in [9.17, 15) is 5.11 Å². The third-order valence-electron chi connectivity index (χ3n) is 3.10. The molecule has 0 aromatic heterocycles. The zero-order valence-corrected chi connectivity index (χ0v) is 12.4. The molecule has 0 spiro atoms. The van der Waals surface area contributed by atoms with Crippen LogP contribution in [-0.4, -0.2) is 31.5 Å². The lowest BCUT2D eigenvalue weighted by Crippen LogP contribution is -2.26. The van der Waals surface area contributed by atoms with Crippen molar-refractivity contribution in [2.75, 3.05) is 25.6 Å². The van der Waals surface area contributed by atoms with Crippen molar-refractivity contribution in [3.8, 4) is 11.5 Å². The van der Waals surface area contributed by atoms with Gasteiger partial charge in [0.1, 0.15) is 24.2 Å². The van der Waals surface area contributed by atoms with E-state index in [0.717, 1.165) is 11.4 Å². The van der Waals surface area contributed by atoms with Gasteiger partial charge >= 0.3 is 0 Å². The predicted molar refractivity (Wildman–Crippen MR) is 84.2 cm³/mol. The summed E-state index contributed by atoms with van der Waals surface area (Å²) in [5.41, 5.74) is 2.20. The normalized spacial score (nSPS) is 11.8. The molecule has 0 radical (unpaired) electrons. The van der Waals surface area contributed by atoms with Crippen LogP contribution in [0.4, 0.5) is 5.69 Å². The minimum atomic E-state index is -0.576. The molecule has 0 saturated heterocycles. The molecule has 0 bridgehead atoms. The summed E-state index contributed by atoms with van der Waals surface area (Å²) in [6.45, 7) is 2.73. The molecule has 1 atom stereocenters. The summed E-state index contributed by atoms with van der Waals surface area (Å²) in [5.74, 6) is 1.49. The van der Waals surface area contributed by atoms with Gasteiger partial charge in [0.25, 0.3) is 0 Å². The van der Waals surface area contributed by atoms with E-state index in [-0.39, 0.29) is 6.61 Å². The van der Waals surface area contributed by atoms with E-state index in [4.69, 9.17) is 9.47 Å². The van der Waals surface area contributed by atoms with Crippen molar-refractivity contribution in [3.63, 3.8) is 0 Å². The highest BCUT2D eigenvalue weighted by atomic mass is 16.5.